The lowest BCUT2D eigenvalue weighted by atomic mass is 9.69. The average molecular weight is 477 g/mol. The van der Waals surface area contributed by atoms with Crippen molar-refractivity contribution < 1.29 is 13.9 Å². The van der Waals surface area contributed by atoms with Crippen LogP contribution in [-0.2, 0) is 10.2 Å². The van der Waals surface area contributed by atoms with Gasteiger partial charge >= 0.3 is 0 Å². The first-order valence-electron chi connectivity index (χ1n) is 12.3. The molecule has 36 heavy (non-hydrogen) atoms. The van der Waals surface area contributed by atoms with Crippen LogP contribution in [0.25, 0.3) is 5.57 Å². The van der Waals surface area contributed by atoms with Crippen molar-refractivity contribution in [3.8, 4) is 11.8 Å². The molecular weight excluding hydrogens is 451 g/mol. The summed E-state index contributed by atoms with van der Waals surface area (Å²) in [5.41, 5.74) is 4.42. The number of aryl methyl sites for hydroxylation is 1. The summed E-state index contributed by atoms with van der Waals surface area (Å²) in [5, 5.41) is 10.4. The Hall–Kier alpha value is -4.17. The molecule has 6 rings (SSSR count). The highest BCUT2D eigenvalue weighted by atomic mass is 19.1. The first kappa shape index (κ1) is 22.3. The summed E-state index contributed by atoms with van der Waals surface area (Å²) in [6.07, 6.45) is 3.02. The van der Waals surface area contributed by atoms with Gasteiger partial charge in [-0.3, -0.25) is 4.79 Å². The fourth-order valence-corrected chi connectivity index (χ4v) is 5.83. The molecule has 3 aliphatic rings. The summed E-state index contributed by atoms with van der Waals surface area (Å²) >= 11 is 0. The summed E-state index contributed by atoms with van der Waals surface area (Å²) in [6.45, 7) is 4.60. The number of carbonyl (C=O) groups excluding carboxylic acids is 1. The molecule has 0 bridgehead atoms. The van der Waals surface area contributed by atoms with Gasteiger partial charge in [0.15, 0.2) is 0 Å². The van der Waals surface area contributed by atoms with Crippen LogP contribution < -0.4 is 9.64 Å². The lowest BCUT2D eigenvalue weighted by Gasteiger charge is -2.34. The molecule has 2 atom stereocenters. The maximum atomic E-state index is 14.8. The van der Waals surface area contributed by atoms with Gasteiger partial charge in [-0.15, -0.1) is 0 Å². The Bertz CT molecular complexity index is 1510. The number of unbranched alkanes of at least 4 members (excludes halogenated alkanes) is 1. The van der Waals surface area contributed by atoms with Crippen LogP contribution in [0.5, 0.6) is 5.75 Å². The Labute approximate surface area is 209 Å². The third kappa shape index (κ3) is 2.94. The Balaban J connectivity index is 1.67. The third-order valence-electron chi connectivity index (χ3n) is 7.51. The molecule has 3 aromatic carbocycles. The maximum Gasteiger partial charge on any atom is 0.247 e. The highest BCUT2D eigenvalue weighted by Crippen LogP contribution is 2.62. The number of nitrogens with zero attached hydrogens (tertiary/aromatic N) is 2. The molecule has 1 spiro atoms. The van der Waals surface area contributed by atoms with Crippen molar-refractivity contribution in [1.29, 1.82) is 5.26 Å². The van der Waals surface area contributed by atoms with E-state index in [0.717, 1.165) is 40.7 Å². The second-order valence-electron chi connectivity index (χ2n) is 9.63. The van der Waals surface area contributed by atoms with Gasteiger partial charge in [-0.2, -0.15) is 5.26 Å². The summed E-state index contributed by atoms with van der Waals surface area (Å²) in [7, 11) is 0. The number of benzene rings is 3. The van der Waals surface area contributed by atoms with E-state index in [1.165, 1.54) is 12.1 Å². The number of para-hydroxylation sites is 1. The molecule has 0 fully saturated rings. The highest BCUT2D eigenvalue weighted by Gasteiger charge is 2.61. The Morgan fingerprint density at radius 2 is 1.89 bits per heavy atom. The van der Waals surface area contributed by atoms with E-state index in [1.807, 2.05) is 55.5 Å². The molecule has 0 aromatic heterocycles. The average Bonchev–Trinajstić information content (AvgIpc) is 3.36. The molecule has 0 saturated heterocycles. The molecule has 178 valence electrons. The van der Waals surface area contributed by atoms with Crippen molar-refractivity contribution in [2.75, 3.05) is 11.4 Å². The van der Waals surface area contributed by atoms with Crippen molar-refractivity contribution >= 4 is 17.2 Å². The minimum absolute atomic E-state index is 0.200. The number of hydrogen-bond acceptors (Lipinski definition) is 3. The van der Waals surface area contributed by atoms with Gasteiger partial charge in [-0.05, 0) is 54.8 Å². The standard InChI is InChI=1S/C31H25FN2O2/c1-3-4-15-34-26-14-13-22(32)17-25(26)31(30(34)35)21(18-33)16-24-28(31)23-7-5-6-8-27(23)36-29(24)20-11-9-19(2)10-12-20/h5-14,16-17,29H,3-4,15H2,1-2H3. The van der Waals surface area contributed by atoms with Crippen molar-refractivity contribution in [3.05, 3.63) is 112 Å². The summed E-state index contributed by atoms with van der Waals surface area (Å²) in [5.74, 6) is 0.0142. The number of amides is 1. The second-order valence-corrected chi connectivity index (χ2v) is 9.63. The SMILES string of the molecule is CCCCN1C(=O)C2(C(C#N)=CC3=C2c2ccccc2OC3c2ccc(C)cc2)c2cc(F)ccc21. The second kappa shape index (κ2) is 8.20. The predicted molar refractivity (Wildman–Crippen MR) is 137 cm³/mol. The van der Waals surface area contributed by atoms with E-state index in [4.69, 9.17) is 4.74 Å². The van der Waals surface area contributed by atoms with Crippen LogP contribution in [0.2, 0.25) is 0 Å². The van der Waals surface area contributed by atoms with E-state index in [1.54, 1.807) is 17.0 Å². The van der Waals surface area contributed by atoms with Crippen molar-refractivity contribution in [1.82, 2.24) is 0 Å². The van der Waals surface area contributed by atoms with Crippen LogP contribution in [-0.4, -0.2) is 12.5 Å². The van der Waals surface area contributed by atoms with Gasteiger partial charge in [-0.25, -0.2) is 4.39 Å². The normalized spacial score (nSPS) is 21.6. The van der Waals surface area contributed by atoms with E-state index < -0.39 is 17.3 Å². The van der Waals surface area contributed by atoms with Crippen LogP contribution in [0.1, 0.15) is 48.1 Å². The van der Waals surface area contributed by atoms with Gasteiger partial charge in [0, 0.05) is 28.9 Å². The number of fused-ring (bicyclic) bond motifs is 5. The predicted octanol–water partition coefficient (Wildman–Crippen LogP) is 6.57. The minimum atomic E-state index is -1.40. The van der Waals surface area contributed by atoms with Crippen molar-refractivity contribution in [2.24, 2.45) is 0 Å². The topological polar surface area (TPSA) is 53.3 Å². The van der Waals surface area contributed by atoms with Gasteiger partial charge in [0.1, 0.15) is 23.1 Å². The zero-order valence-corrected chi connectivity index (χ0v) is 20.2. The van der Waals surface area contributed by atoms with Crippen LogP contribution >= 0.6 is 0 Å². The van der Waals surface area contributed by atoms with Gasteiger partial charge < -0.3 is 9.64 Å². The molecule has 0 radical (unpaired) electrons. The number of anilines is 1. The largest absolute Gasteiger partial charge is 0.480 e. The van der Waals surface area contributed by atoms with E-state index in [-0.39, 0.29) is 5.91 Å². The number of rotatable bonds is 4. The Kier molecular flexibility index (Phi) is 5.08. The van der Waals surface area contributed by atoms with Crippen LogP contribution in [0.15, 0.2) is 84.0 Å². The smallest absolute Gasteiger partial charge is 0.247 e. The lowest BCUT2D eigenvalue weighted by molar-refractivity contribution is -0.120. The quantitative estimate of drug-likeness (QED) is 0.428. The molecule has 4 nitrogen and oxygen atoms in total. The first-order valence-corrected chi connectivity index (χ1v) is 12.3. The van der Waals surface area contributed by atoms with Crippen molar-refractivity contribution in [3.63, 3.8) is 0 Å². The fraction of sp³-hybridized carbons (Fsp3) is 0.226. The molecule has 2 heterocycles. The Morgan fingerprint density at radius 1 is 1.11 bits per heavy atom. The molecule has 2 unspecified atom stereocenters. The number of carbonyl (C=O) groups is 1. The molecule has 1 aliphatic carbocycles. The number of halogens is 1. The molecule has 5 heteroatoms. The van der Waals surface area contributed by atoms with E-state index in [2.05, 4.69) is 13.0 Å². The Morgan fingerprint density at radius 3 is 2.64 bits per heavy atom. The van der Waals surface area contributed by atoms with Gasteiger partial charge in [0.05, 0.1) is 11.6 Å². The number of nitriles is 1. The monoisotopic (exact) mass is 476 g/mol. The zero-order chi connectivity index (χ0) is 25.0. The minimum Gasteiger partial charge on any atom is -0.480 e. The third-order valence-corrected chi connectivity index (χ3v) is 7.51. The van der Waals surface area contributed by atoms with Gasteiger partial charge in [0.25, 0.3) is 0 Å². The summed E-state index contributed by atoms with van der Waals surface area (Å²) in [4.78, 5) is 16.2. The van der Waals surface area contributed by atoms with Gasteiger partial charge in [-0.1, -0.05) is 61.4 Å². The fourth-order valence-electron chi connectivity index (χ4n) is 5.83. The molecular formula is C31H25FN2O2. The summed E-state index contributed by atoms with van der Waals surface area (Å²) in [6, 6.07) is 22.5. The molecule has 0 N–H and O–H groups in total. The van der Waals surface area contributed by atoms with Crippen molar-refractivity contribution in [2.45, 2.75) is 38.2 Å². The van der Waals surface area contributed by atoms with Crippen LogP contribution in [0.3, 0.4) is 0 Å². The molecule has 3 aromatic rings. The van der Waals surface area contributed by atoms with Gasteiger partial charge in [0.2, 0.25) is 5.91 Å². The van der Waals surface area contributed by atoms with E-state index >= 15 is 0 Å². The van der Waals surface area contributed by atoms with E-state index in [0.29, 0.717) is 29.1 Å². The summed E-state index contributed by atoms with van der Waals surface area (Å²) < 4.78 is 21.3. The molecule has 2 aliphatic heterocycles. The lowest BCUT2D eigenvalue weighted by Crippen LogP contribution is -2.42. The van der Waals surface area contributed by atoms with E-state index in [9.17, 15) is 14.4 Å². The number of ether oxygens (including phenoxy) is 1. The maximum absolute atomic E-state index is 14.8. The highest BCUT2D eigenvalue weighted by molar-refractivity contribution is 6.21. The zero-order valence-electron chi connectivity index (χ0n) is 20.2. The first-order chi connectivity index (χ1) is 17.5. The van der Waals surface area contributed by atoms with Crippen LogP contribution in [0.4, 0.5) is 10.1 Å². The van der Waals surface area contributed by atoms with Crippen LogP contribution in [0, 0.1) is 24.1 Å². The molecule has 1 amide bonds. The molecule has 0 saturated carbocycles. The number of hydrogen-bond donors (Lipinski definition) is 0.